The van der Waals surface area contributed by atoms with Gasteiger partial charge in [0, 0.05) is 0 Å². The van der Waals surface area contributed by atoms with E-state index in [4.69, 9.17) is 11.2 Å². The van der Waals surface area contributed by atoms with Gasteiger partial charge in [0.1, 0.15) is 5.75 Å². The maximum atomic E-state index is 11.4. The molecule has 106 valence electrons. The van der Waals surface area contributed by atoms with E-state index >= 15 is 0 Å². The number of amides is 1. The van der Waals surface area contributed by atoms with Crippen LogP contribution < -0.4 is 10.1 Å². The van der Waals surface area contributed by atoms with Crippen LogP contribution in [0.15, 0.2) is 24.3 Å². The number of terminal acetylenes is 1. The van der Waals surface area contributed by atoms with Crippen LogP contribution in [0.2, 0.25) is 0 Å². The monoisotopic (exact) mass is 307 g/mol. The van der Waals surface area contributed by atoms with Gasteiger partial charge in [-0.2, -0.15) is 0 Å². The fourth-order valence-corrected chi connectivity index (χ4v) is 4.65. The predicted octanol–water partition coefficient (Wildman–Crippen LogP) is 2.68. The largest absolute Gasteiger partial charge is 0.484 e. The van der Waals surface area contributed by atoms with Crippen LogP contribution in [0.4, 0.5) is 0 Å². The zero-order valence-electron chi connectivity index (χ0n) is 11.1. The number of carbonyl (C=O) groups excluding carboxylic acids is 1. The number of carbonyl (C=O) groups is 1. The number of nitrogens with one attached hydrogen (secondary N) is 1. The summed E-state index contributed by atoms with van der Waals surface area (Å²) in [6.45, 7) is 0.227. The Morgan fingerprint density at radius 3 is 2.70 bits per heavy atom. The maximum absolute atomic E-state index is 11.4. The van der Waals surface area contributed by atoms with Crippen LogP contribution in [0, 0.1) is 12.3 Å². The minimum absolute atomic E-state index is 0.00600. The van der Waals surface area contributed by atoms with Gasteiger partial charge in [-0.05, 0) is 35.6 Å². The third-order valence-electron chi connectivity index (χ3n) is 2.74. The molecule has 1 amide bonds. The second-order valence-electron chi connectivity index (χ2n) is 4.27. The molecule has 1 saturated heterocycles. The standard InChI is InChI=1S/C15H17NO2S2/c1-2-8-16-14(17)11-18-13-6-4-12(5-7-13)15-19-9-3-10-20-15/h1,4-7,15H,3,8-11H2,(H,16,17). The molecule has 1 aliphatic rings. The normalized spacial score (nSPS) is 15.3. The number of rotatable bonds is 5. The lowest BCUT2D eigenvalue weighted by atomic mass is 10.2. The molecule has 0 saturated carbocycles. The van der Waals surface area contributed by atoms with E-state index in [0.29, 0.717) is 10.3 Å². The average Bonchev–Trinajstić information content (AvgIpc) is 2.52. The molecule has 2 rings (SSSR count). The second-order valence-corrected chi connectivity index (χ2v) is 6.99. The van der Waals surface area contributed by atoms with Crippen molar-refractivity contribution in [3.8, 4) is 18.1 Å². The van der Waals surface area contributed by atoms with Crippen molar-refractivity contribution in [1.29, 1.82) is 0 Å². The molecule has 0 aliphatic carbocycles. The highest BCUT2D eigenvalue weighted by molar-refractivity contribution is 8.16. The highest BCUT2D eigenvalue weighted by Gasteiger charge is 2.16. The summed E-state index contributed by atoms with van der Waals surface area (Å²) in [5.41, 5.74) is 1.31. The van der Waals surface area contributed by atoms with Gasteiger partial charge in [-0.15, -0.1) is 29.9 Å². The van der Waals surface area contributed by atoms with Gasteiger partial charge in [0.25, 0.3) is 5.91 Å². The van der Waals surface area contributed by atoms with Gasteiger partial charge >= 0.3 is 0 Å². The van der Waals surface area contributed by atoms with E-state index < -0.39 is 0 Å². The lowest BCUT2D eigenvalue weighted by Crippen LogP contribution is -2.28. The quantitative estimate of drug-likeness (QED) is 0.849. The molecule has 0 spiro atoms. The van der Waals surface area contributed by atoms with Gasteiger partial charge in [-0.1, -0.05) is 18.1 Å². The first-order valence-corrected chi connectivity index (χ1v) is 8.55. The summed E-state index contributed by atoms with van der Waals surface area (Å²) >= 11 is 3.98. The van der Waals surface area contributed by atoms with Crippen LogP contribution in [0.1, 0.15) is 16.6 Å². The Hall–Kier alpha value is -1.25. The van der Waals surface area contributed by atoms with Crippen molar-refractivity contribution in [2.75, 3.05) is 24.7 Å². The first kappa shape index (κ1) is 15.1. The first-order valence-electron chi connectivity index (χ1n) is 6.46. The molecule has 0 radical (unpaired) electrons. The predicted molar refractivity (Wildman–Crippen MR) is 86.1 cm³/mol. The van der Waals surface area contributed by atoms with E-state index in [1.54, 1.807) is 0 Å². The molecular weight excluding hydrogens is 290 g/mol. The minimum atomic E-state index is -0.203. The zero-order chi connectivity index (χ0) is 14.2. The summed E-state index contributed by atoms with van der Waals surface area (Å²) in [6, 6.07) is 7.98. The van der Waals surface area contributed by atoms with E-state index in [1.165, 1.54) is 23.5 Å². The van der Waals surface area contributed by atoms with Gasteiger partial charge in [-0.3, -0.25) is 4.79 Å². The van der Waals surface area contributed by atoms with Gasteiger partial charge in [-0.25, -0.2) is 0 Å². The summed E-state index contributed by atoms with van der Waals surface area (Å²) in [7, 11) is 0. The van der Waals surface area contributed by atoms with Gasteiger partial charge in [0.05, 0.1) is 11.1 Å². The summed E-state index contributed by atoms with van der Waals surface area (Å²) in [4.78, 5) is 11.4. The van der Waals surface area contributed by atoms with Gasteiger partial charge in [0.15, 0.2) is 6.61 Å². The smallest absolute Gasteiger partial charge is 0.258 e. The molecule has 1 aromatic carbocycles. The fourth-order valence-electron chi connectivity index (χ4n) is 1.75. The third kappa shape index (κ3) is 4.69. The molecular formula is C15H17NO2S2. The molecule has 1 aliphatic heterocycles. The second kappa shape index (κ2) is 8.13. The topological polar surface area (TPSA) is 38.3 Å². The molecule has 1 heterocycles. The highest BCUT2D eigenvalue weighted by Crippen LogP contribution is 2.43. The van der Waals surface area contributed by atoms with Gasteiger partial charge < -0.3 is 10.1 Å². The summed E-state index contributed by atoms with van der Waals surface area (Å²) < 4.78 is 5.94. The van der Waals surface area contributed by atoms with E-state index in [1.807, 2.05) is 35.7 Å². The van der Waals surface area contributed by atoms with E-state index in [9.17, 15) is 4.79 Å². The molecule has 0 bridgehead atoms. The van der Waals surface area contributed by atoms with Crippen molar-refractivity contribution in [2.24, 2.45) is 0 Å². The molecule has 5 heteroatoms. The van der Waals surface area contributed by atoms with Crippen molar-refractivity contribution in [2.45, 2.75) is 11.0 Å². The van der Waals surface area contributed by atoms with Crippen LogP contribution in [0.25, 0.3) is 0 Å². The fraction of sp³-hybridized carbons (Fsp3) is 0.400. The molecule has 3 nitrogen and oxygen atoms in total. The third-order valence-corrected chi connectivity index (χ3v) is 5.75. The molecule has 1 fully saturated rings. The average molecular weight is 307 g/mol. The Morgan fingerprint density at radius 2 is 2.05 bits per heavy atom. The first-order chi connectivity index (χ1) is 9.79. The Bertz CT molecular complexity index is 476. The number of hydrogen-bond donors (Lipinski definition) is 1. The van der Waals surface area contributed by atoms with E-state index in [-0.39, 0.29) is 19.1 Å². The van der Waals surface area contributed by atoms with Crippen LogP contribution in [0.3, 0.4) is 0 Å². The molecule has 1 aromatic rings. The number of thioether (sulfide) groups is 2. The molecule has 0 unspecified atom stereocenters. The van der Waals surface area contributed by atoms with Crippen LogP contribution in [-0.4, -0.2) is 30.6 Å². The molecule has 1 N–H and O–H groups in total. The Balaban J connectivity index is 1.82. The maximum Gasteiger partial charge on any atom is 0.258 e. The van der Waals surface area contributed by atoms with Crippen LogP contribution in [0.5, 0.6) is 5.75 Å². The Morgan fingerprint density at radius 1 is 1.35 bits per heavy atom. The Kier molecular flexibility index (Phi) is 6.16. The number of benzene rings is 1. The molecule has 0 atom stereocenters. The molecule has 20 heavy (non-hydrogen) atoms. The summed E-state index contributed by atoms with van der Waals surface area (Å²) in [5, 5.41) is 2.56. The molecule has 0 aromatic heterocycles. The van der Waals surface area contributed by atoms with E-state index in [2.05, 4.69) is 23.4 Å². The van der Waals surface area contributed by atoms with E-state index in [0.717, 1.165) is 0 Å². The van der Waals surface area contributed by atoms with Crippen molar-refractivity contribution >= 4 is 29.4 Å². The van der Waals surface area contributed by atoms with Crippen molar-refractivity contribution < 1.29 is 9.53 Å². The SMILES string of the molecule is C#CCNC(=O)COc1ccc(C2SCCCS2)cc1. The summed E-state index contributed by atoms with van der Waals surface area (Å²) in [5.74, 6) is 5.30. The number of hydrogen-bond acceptors (Lipinski definition) is 4. The van der Waals surface area contributed by atoms with Crippen molar-refractivity contribution in [1.82, 2.24) is 5.32 Å². The van der Waals surface area contributed by atoms with Crippen molar-refractivity contribution in [3.63, 3.8) is 0 Å². The van der Waals surface area contributed by atoms with Crippen LogP contribution in [-0.2, 0) is 4.79 Å². The van der Waals surface area contributed by atoms with Gasteiger partial charge in [0.2, 0.25) is 0 Å². The number of ether oxygens (including phenoxy) is 1. The lowest BCUT2D eigenvalue weighted by Gasteiger charge is -2.21. The minimum Gasteiger partial charge on any atom is -0.484 e. The zero-order valence-corrected chi connectivity index (χ0v) is 12.8. The lowest BCUT2D eigenvalue weighted by molar-refractivity contribution is -0.122. The highest BCUT2D eigenvalue weighted by atomic mass is 32.2. The summed E-state index contributed by atoms with van der Waals surface area (Å²) in [6.07, 6.45) is 6.35. The van der Waals surface area contributed by atoms with Crippen molar-refractivity contribution in [3.05, 3.63) is 29.8 Å². The van der Waals surface area contributed by atoms with Crippen LogP contribution >= 0.6 is 23.5 Å². The Labute approximate surface area is 128 Å².